The molecular weight excluding hydrogens is 172 g/mol. The van der Waals surface area contributed by atoms with Gasteiger partial charge >= 0.3 is 6.09 Å². The van der Waals surface area contributed by atoms with Crippen molar-refractivity contribution in [2.24, 2.45) is 0 Å². The van der Waals surface area contributed by atoms with Crippen LogP contribution in [-0.4, -0.2) is 42.1 Å². The number of rotatable bonds is 0. The number of ether oxygens (including phenoxy) is 1. The Balaban J connectivity index is 2.05. The van der Waals surface area contributed by atoms with Crippen molar-refractivity contribution < 1.29 is 14.3 Å². The molecule has 0 aromatic rings. The van der Waals surface area contributed by atoms with Crippen LogP contribution in [0.3, 0.4) is 0 Å². The van der Waals surface area contributed by atoms with Gasteiger partial charge in [0.25, 0.3) is 0 Å². The first kappa shape index (κ1) is 8.34. The monoisotopic (exact) mass is 184 g/mol. The molecule has 0 saturated carbocycles. The number of likely N-dealkylation sites (tertiary alicyclic amines) is 1. The van der Waals surface area contributed by atoms with E-state index in [1.54, 1.807) is 4.90 Å². The number of hydrogen-bond acceptors (Lipinski definition) is 3. The molecule has 2 fully saturated rings. The molecule has 1 unspecified atom stereocenters. The number of nitrogens with one attached hydrogen (secondary N) is 1. The summed E-state index contributed by atoms with van der Waals surface area (Å²) in [7, 11) is 0. The number of carbonyl (C=O) groups excluding carboxylic acids is 2. The van der Waals surface area contributed by atoms with Gasteiger partial charge in [0, 0.05) is 19.9 Å². The minimum atomic E-state index is -0.442. The van der Waals surface area contributed by atoms with Crippen molar-refractivity contribution in [1.29, 1.82) is 0 Å². The van der Waals surface area contributed by atoms with Gasteiger partial charge in [-0.3, -0.25) is 4.79 Å². The van der Waals surface area contributed by atoms with Crippen LogP contribution in [0.4, 0.5) is 4.79 Å². The smallest absolute Gasteiger partial charge is 0.407 e. The Hall–Kier alpha value is -1.26. The van der Waals surface area contributed by atoms with Crippen molar-refractivity contribution in [1.82, 2.24) is 10.2 Å². The Labute approximate surface area is 76.0 Å². The Morgan fingerprint density at radius 3 is 2.92 bits per heavy atom. The molecule has 2 saturated heterocycles. The lowest BCUT2D eigenvalue weighted by Crippen LogP contribution is -2.38. The van der Waals surface area contributed by atoms with E-state index in [1.807, 2.05) is 0 Å². The van der Waals surface area contributed by atoms with Crippen LogP contribution in [-0.2, 0) is 9.53 Å². The summed E-state index contributed by atoms with van der Waals surface area (Å²) in [6.07, 6.45) is 0.371. The van der Waals surface area contributed by atoms with Gasteiger partial charge in [-0.25, -0.2) is 4.79 Å². The minimum absolute atomic E-state index is 0.0415. The van der Waals surface area contributed by atoms with E-state index in [9.17, 15) is 9.59 Å². The maximum Gasteiger partial charge on any atom is 0.407 e. The summed E-state index contributed by atoms with van der Waals surface area (Å²) in [6.45, 7) is 3.27. The summed E-state index contributed by atoms with van der Waals surface area (Å²) < 4.78 is 5.15. The maximum absolute atomic E-state index is 11.0. The number of amides is 2. The summed E-state index contributed by atoms with van der Waals surface area (Å²) in [6, 6.07) is 0. The second-order valence-electron chi connectivity index (χ2n) is 3.62. The summed E-state index contributed by atoms with van der Waals surface area (Å²) in [5.74, 6) is 0.0415. The maximum atomic E-state index is 11.0. The van der Waals surface area contributed by atoms with Gasteiger partial charge in [-0.2, -0.15) is 0 Å². The molecule has 2 heterocycles. The molecular formula is C8H12N2O3. The summed E-state index contributed by atoms with van der Waals surface area (Å²) in [4.78, 5) is 23.6. The standard InChI is InChI=1S/C8H12N2O3/c1-6(11)10-3-2-8(5-10)4-9-7(12)13-8/h2-5H2,1H3,(H,9,12). The first-order chi connectivity index (χ1) is 6.11. The Bertz CT molecular complexity index is 266. The average molecular weight is 184 g/mol. The zero-order valence-electron chi connectivity index (χ0n) is 7.50. The van der Waals surface area contributed by atoms with Crippen molar-refractivity contribution in [2.45, 2.75) is 18.9 Å². The molecule has 5 nitrogen and oxygen atoms in total. The van der Waals surface area contributed by atoms with E-state index in [1.165, 1.54) is 6.92 Å². The molecule has 0 aliphatic carbocycles. The van der Waals surface area contributed by atoms with E-state index in [0.29, 0.717) is 19.6 Å². The topological polar surface area (TPSA) is 58.6 Å². The summed E-state index contributed by atoms with van der Waals surface area (Å²) >= 11 is 0. The first-order valence-electron chi connectivity index (χ1n) is 4.34. The highest BCUT2D eigenvalue weighted by molar-refractivity contribution is 5.75. The molecule has 0 aromatic heterocycles. The van der Waals surface area contributed by atoms with E-state index in [4.69, 9.17) is 4.74 Å². The van der Waals surface area contributed by atoms with Gasteiger partial charge < -0.3 is 15.0 Å². The van der Waals surface area contributed by atoms with Crippen molar-refractivity contribution in [3.63, 3.8) is 0 Å². The third kappa shape index (κ3) is 1.34. The third-order valence-electron chi connectivity index (χ3n) is 2.63. The quantitative estimate of drug-likeness (QED) is 0.563. The second-order valence-corrected chi connectivity index (χ2v) is 3.62. The number of carbonyl (C=O) groups is 2. The molecule has 1 N–H and O–H groups in total. The van der Waals surface area contributed by atoms with E-state index in [2.05, 4.69) is 5.32 Å². The molecule has 2 aliphatic heterocycles. The van der Waals surface area contributed by atoms with Gasteiger partial charge in [-0.1, -0.05) is 0 Å². The van der Waals surface area contributed by atoms with E-state index in [0.717, 1.165) is 6.42 Å². The van der Waals surface area contributed by atoms with Crippen LogP contribution in [0.2, 0.25) is 0 Å². The van der Waals surface area contributed by atoms with Gasteiger partial charge in [-0.05, 0) is 0 Å². The molecule has 0 bridgehead atoms. The van der Waals surface area contributed by atoms with Crippen LogP contribution < -0.4 is 5.32 Å². The van der Waals surface area contributed by atoms with E-state index < -0.39 is 5.60 Å². The highest BCUT2D eigenvalue weighted by Crippen LogP contribution is 2.28. The molecule has 2 amide bonds. The van der Waals surface area contributed by atoms with Crippen LogP contribution in [0.25, 0.3) is 0 Å². The number of nitrogens with zero attached hydrogens (tertiary/aromatic N) is 1. The zero-order chi connectivity index (χ0) is 9.47. The molecule has 0 radical (unpaired) electrons. The van der Waals surface area contributed by atoms with Gasteiger partial charge in [-0.15, -0.1) is 0 Å². The summed E-state index contributed by atoms with van der Waals surface area (Å²) in [5, 5.41) is 2.61. The van der Waals surface area contributed by atoms with Gasteiger partial charge in [0.2, 0.25) is 5.91 Å². The molecule has 2 rings (SSSR count). The predicted octanol–water partition coefficient (Wildman–Crippen LogP) is -0.283. The van der Waals surface area contributed by atoms with Crippen LogP contribution in [0.15, 0.2) is 0 Å². The average Bonchev–Trinajstić information content (AvgIpc) is 2.61. The lowest BCUT2D eigenvalue weighted by molar-refractivity contribution is -0.128. The van der Waals surface area contributed by atoms with Gasteiger partial charge in [0.1, 0.15) is 0 Å². The number of hydrogen-bond donors (Lipinski definition) is 1. The molecule has 0 aromatic carbocycles. The van der Waals surface area contributed by atoms with Crippen molar-refractivity contribution >= 4 is 12.0 Å². The fourth-order valence-corrected chi connectivity index (χ4v) is 1.84. The largest absolute Gasteiger partial charge is 0.439 e. The molecule has 72 valence electrons. The lowest BCUT2D eigenvalue weighted by Gasteiger charge is -2.20. The van der Waals surface area contributed by atoms with Gasteiger partial charge in [0.05, 0.1) is 13.1 Å². The fourth-order valence-electron chi connectivity index (χ4n) is 1.84. The van der Waals surface area contributed by atoms with Crippen molar-refractivity contribution in [3.05, 3.63) is 0 Å². The number of alkyl carbamates (subject to hydrolysis) is 1. The summed E-state index contributed by atoms with van der Waals surface area (Å²) in [5.41, 5.74) is -0.442. The van der Waals surface area contributed by atoms with Crippen LogP contribution in [0.1, 0.15) is 13.3 Å². The van der Waals surface area contributed by atoms with Gasteiger partial charge in [0.15, 0.2) is 5.60 Å². The van der Waals surface area contributed by atoms with Crippen molar-refractivity contribution in [2.75, 3.05) is 19.6 Å². The lowest BCUT2D eigenvalue weighted by atomic mass is 10.0. The SMILES string of the molecule is CC(=O)N1CCC2(CNC(=O)O2)C1. The highest BCUT2D eigenvalue weighted by Gasteiger charge is 2.46. The van der Waals surface area contributed by atoms with Crippen molar-refractivity contribution in [3.8, 4) is 0 Å². The Morgan fingerprint density at radius 1 is 1.69 bits per heavy atom. The first-order valence-corrected chi connectivity index (χ1v) is 4.34. The molecule has 1 spiro atoms. The molecule has 5 heteroatoms. The zero-order valence-corrected chi connectivity index (χ0v) is 7.50. The predicted molar refractivity (Wildman–Crippen MR) is 44.1 cm³/mol. The molecule has 2 aliphatic rings. The minimum Gasteiger partial charge on any atom is -0.439 e. The second kappa shape index (κ2) is 2.61. The Morgan fingerprint density at radius 2 is 2.46 bits per heavy atom. The third-order valence-corrected chi connectivity index (χ3v) is 2.63. The van der Waals surface area contributed by atoms with E-state index >= 15 is 0 Å². The van der Waals surface area contributed by atoms with Crippen LogP contribution in [0, 0.1) is 0 Å². The van der Waals surface area contributed by atoms with E-state index in [-0.39, 0.29) is 12.0 Å². The Kier molecular flexibility index (Phi) is 1.68. The molecule has 13 heavy (non-hydrogen) atoms. The van der Waals surface area contributed by atoms with Crippen LogP contribution >= 0.6 is 0 Å². The normalized spacial score (nSPS) is 32.1. The highest BCUT2D eigenvalue weighted by atomic mass is 16.6. The fraction of sp³-hybridized carbons (Fsp3) is 0.750. The molecule has 1 atom stereocenters. The van der Waals surface area contributed by atoms with Crippen LogP contribution in [0.5, 0.6) is 0 Å².